The van der Waals surface area contributed by atoms with Gasteiger partial charge in [0, 0.05) is 40.3 Å². The summed E-state index contributed by atoms with van der Waals surface area (Å²) < 4.78 is 2.05. The molecular formula is C22H16ClN5O4. The van der Waals surface area contributed by atoms with E-state index in [1.165, 1.54) is 12.1 Å². The number of nitro groups is 2. The maximum Gasteiger partial charge on any atom is 0.301 e. The van der Waals surface area contributed by atoms with Crippen molar-refractivity contribution in [1.29, 1.82) is 0 Å². The van der Waals surface area contributed by atoms with E-state index in [4.69, 9.17) is 11.6 Å². The van der Waals surface area contributed by atoms with Crippen LogP contribution in [0.4, 0.5) is 17.1 Å². The Labute approximate surface area is 186 Å². The summed E-state index contributed by atoms with van der Waals surface area (Å²) in [5.74, 6) is 0. The molecule has 1 heterocycles. The zero-order valence-corrected chi connectivity index (χ0v) is 17.3. The molecule has 10 heteroatoms. The number of nitro benzene ring substituents is 2. The van der Waals surface area contributed by atoms with Crippen LogP contribution in [0.15, 0.2) is 78.0 Å². The van der Waals surface area contributed by atoms with Crippen LogP contribution in [0.1, 0.15) is 11.1 Å². The fourth-order valence-corrected chi connectivity index (χ4v) is 3.57. The number of rotatable bonds is 7. The van der Waals surface area contributed by atoms with Crippen molar-refractivity contribution in [3.05, 3.63) is 109 Å². The summed E-state index contributed by atoms with van der Waals surface area (Å²) in [5, 5.41) is 27.9. The number of halogens is 1. The summed E-state index contributed by atoms with van der Waals surface area (Å²) >= 11 is 6.31. The van der Waals surface area contributed by atoms with Crippen molar-refractivity contribution in [1.82, 2.24) is 4.57 Å². The van der Waals surface area contributed by atoms with E-state index in [-0.39, 0.29) is 11.4 Å². The molecule has 32 heavy (non-hydrogen) atoms. The second kappa shape index (κ2) is 8.86. The molecule has 160 valence electrons. The average Bonchev–Trinajstić information content (AvgIpc) is 3.13. The molecular weight excluding hydrogens is 434 g/mol. The van der Waals surface area contributed by atoms with E-state index in [1.807, 2.05) is 59.3 Å². The van der Waals surface area contributed by atoms with E-state index in [2.05, 4.69) is 10.5 Å². The molecule has 9 nitrogen and oxygen atoms in total. The summed E-state index contributed by atoms with van der Waals surface area (Å²) in [7, 11) is 0. The standard InChI is InChI=1S/C22H16ClN5O4/c23-19-7-3-1-5-15(19)13-26-14-16(18-6-2-4-8-21(18)26)12-24-25-20-10-9-17(27(29)30)11-22(20)28(31)32/h1-12,14,25H,13H2/b24-12-. The minimum Gasteiger partial charge on any atom is -0.342 e. The lowest BCUT2D eigenvalue weighted by Gasteiger charge is -2.07. The van der Waals surface area contributed by atoms with Crippen LogP contribution in [0.3, 0.4) is 0 Å². The van der Waals surface area contributed by atoms with Gasteiger partial charge in [0.15, 0.2) is 0 Å². The molecule has 1 aromatic heterocycles. The first-order valence-corrected chi connectivity index (χ1v) is 9.85. The molecule has 0 atom stereocenters. The monoisotopic (exact) mass is 449 g/mol. The average molecular weight is 450 g/mol. The molecule has 0 spiro atoms. The van der Waals surface area contributed by atoms with Gasteiger partial charge in [-0.2, -0.15) is 5.10 Å². The van der Waals surface area contributed by atoms with Gasteiger partial charge in [0.05, 0.1) is 22.1 Å². The predicted octanol–water partition coefficient (Wildman–Crippen LogP) is 5.61. The Morgan fingerprint density at radius 2 is 1.75 bits per heavy atom. The van der Waals surface area contributed by atoms with E-state index in [9.17, 15) is 20.2 Å². The maximum atomic E-state index is 11.3. The van der Waals surface area contributed by atoms with Gasteiger partial charge in [0.25, 0.3) is 5.69 Å². The predicted molar refractivity (Wildman–Crippen MR) is 123 cm³/mol. The van der Waals surface area contributed by atoms with Gasteiger partial charge in [0.1, 0.15) is 5.69 Å². The Balaban J connectivity index is 1.63. The first kappa shape index (κ1) is 21.0. The molecule has 3 aromatic carbocycles. The van der Waals surface area contributed by atoms with Crippen LogP contribution in [-0.4, -0.2) is 20.6 Å². The molecule has 4 aromatic rings. The van der Waals surface area contributed by atoms with Crippen molar-refractivity contribution in [2.75, 3.05) is 5.43 Å². The second-order valence-electron chi connectivity index (χ2n) is 6.91. The van der Waals surface area contributed by atoms with Gasteiger partial charge in [-0.3, -0.25) is 25.7 Å². The van der Waals surface area contributed by atoms with Crippen LogP contribution in [0.2, 0.25) is 5.02 Å². The van der Waals surface area contributed by atoms with Crippen molar-refractivity contribution >= 4 is 45.8 Å². The number of benzene rings is 3. The number of nitrogens with one attached hydrogen (secondary N) is 1. The summed E-state index contributed by atoms with van der Waals surface area (Å²) in [6.45, 7) is 0.565. The molecule has 4 rings (SSSR count). The molecule has 0 bridgehead atoms. The zero-order valence-electron chi connectivity index (χ0n) is 16.5. The first-order chi connectivity index (χ1) is 15.4. The quantitative estimate of drug-likeness (QED) is 0.224. The maximum absolute atomic E-state index is 11.3. The van der Waals surface area contributed by atoms with Gasteiger partial charge in [-0.05, 0) is 23.8 Å². The molecule has 1 N–H and O–H groups in total. The molecule has 0 aliphatic heterocycles. The number of hydrogen-bond acceptors (Lipinski definition) is 6. The number of hydrogen-bond donors (Lipinski definition) is 1. The first-order valence-electron chi connectivity index (χ1n) is 9.47. The lowest BCUT2D eigenvalue weighted by Crippen LogP contribution is -1.99. The van der Waals surface area contributed by atoms with E-state index in [0.717, 1.165) is 28.1 Å². The van der Waals surface area contributed by atoms with Crippen molar-refractivity contribution < 1.29 is 9.85 Å². The fraction of sp³-hybridized carbons (Fsp3) is 0.0455. The number of aromatic nitrogens is 1. The van der Waals surface area contributed by atoms with E-state index in [0.29, 0.717) is 11.6 Å². The number of anilines is 1. The van der Waals surface area contributed by atoms with E-state index in [1.54, 1.807) is 6.21 Å². The summed E-state index contributed by atoms with van der Waals surface area (Å²) in [6.07, 6.45) is 3.47. The topological polar surface area (TPSA) is 116 Å². The van der Waals surface area contributed by atoms with Gasteiger partial charge < -0.3 is 4.57 Å². The van der Waals surface area contributed by atoms with Crippen molar-refractivity contribution in [2.45, 2.75) is 6.54 Å². The molecule has 0 radical (unpaired) electrons. The van der Waals surface area contributed by atoms with Gasteiger partial charge >= 0.3 is 5.69 Å². The van der Waals surface area contributed by atoms with Crippen LogP contribution in [0.25, 0.3) is 10.9 Å². The Kier molecular flexibility index (Phi) is 5.82. The molecule has 0 fully saturated rings. The summed E-state index contributed by atoms with van der Waals surface area (Å²) in [6, 6.07) is 18.7. The van der Waals surface area contributed by atoms with Crippen LogP contribution < -0.4 is 5.43 Å². The van der Waals surface area contributed by atoms with Gasteiger partial charge in [-0.1, -0.05) is 48.0 Å². The highest BCUT2D eigenvalue weighted by Crippen LogP contribution is 2.29. The highest BCUT2D eigenvalue weighted by molar-refractivity contribution is 6.31. The number of fused-ring (bicyclic) bond motifs is 1. The molecule has 0 saturated heterocycles. The van der Waals surface area contributed by atoms with Crippen LogP contribution >= 0.6 is 11.6 Å². The third-order valence-corrected chi connectivity index (χ3v) is 5.26. The Bertz CT molecular complexity index is 1370. The second-order valence-corrected chi connectivity index (χ2v) is 7.31. The lowest BCUT2D eigenvalue weighted by molar-refractivity contribution is -0.393. The van der Waals surface area contributed by atoms with E-state index < -0.39 is 15.5 Å². The van der Waals surface area contributed by atoms with Crippen molar-refractivity contribution in [3.8, 4) is 0 Å². The molecule has 0 unspecified atom stereocenters. The van der Waals surface area contributed by atoms with Crippen LogP contribution in [-0.2, 0) is 6.54 Å². The largest absolute Gasteiger partial charge is 0.342 e. The van der Waals surface area contributed by atoms with Crippen LogP contribution in [0.5, 0.6) is 0 Å². The third-order valence-electron chi connectivity index (χ3n) is 4.90. The number of hydrazone groups is 1. The van der Waals surface area contributed by atoms with Crippen LogP contribution in [0, 0.1) is 20.2 Å². The lowest BCUT2D eigenvalue weighted by atomic mass is 10.2. The SMILES string of the molecule is O=[N+]([O-])c1ccc(N/N=C\c2cn(Cc3ccccc3Cl)c3ccccc23)c([N+](=O)[O-])c1. The van der Waals surface area contributed by atoms with Crippen molar-refractivity contribution in [2.24, 2.45) is 5.10 Å². The minimum absolute atomic E-state index is 0.0525. The molecule has 0 saturated carbocycles. The molecule has 0 aliphatic carbocycles. The van der Waals surface area contributed by atoms with E-state index >= 15 is 0 Å². The summed E-state index contributed by atoms with van der Waals surface area (Å²) in [5.41, 5.74) is 4.62. The van der Waals surface area contributed by atoms with Crippen molar-refractivity contribution in [3.63, 3.8) is 0 Å². The van der Waals surface area contributed by atoms with Gasteiger partial charge in [-0.25, -0.2) is 0 Å². The fourth-order valence-electron chi connectivity index (χ4n) is 3.37. The number of para-hydroxylation sites is 1. The number of nitrogens with zero attached hydrogens (tertiary/aromatic N) is 4. The van der Waals surface area contributed by atoms with Gasteiger partial charge in [-0.15, -0.1) is 0 Å². The third kappa shape index (κ3) is 4.28. The zero-order chi connectivity index (χ0) is 22.7. The Morgan fingerprint density at radius 3 is 2.50 bits per heavy atom. The Hall–Kier alpha value is -4.24. The normalized spacial score (nSPS) is 11.2. The minimum atomic E-state index is -0.694. The Morgan fingerprint density at radius 1 is 1.00 bits per heavy atom. The highest BCUT2D eigenvalue weighted by atomic mass is 35.5. The smallest absolute Gasteiger partial charge is 0.301 e. The summed E-state index contributed by atoms with van der Waals surface area (Å²) in [4.78, 5) is 20.8. The highest BCUT2D eigenvalue weighted by Gasteiger charge is 2.19. The molecule has 0 amide bonds. The number of non-ortho nitro benzene ring substituents is 1. The van der Waals surface area contributed by atoms with Gasteiger partial charge in [0.2, 0.25) is 0 Å². The molecule has 0 aliphatic rings.